The van der Waals surface area contributed by atoms with Crippen molar-refractivity contribution in [3.8, 4) is 0 Å². The molecule has 82 valence electrons. The predicted molar refractivity (Wildman–Crippen MR) is 62.9 cm³/mol. The van der Waals surface area contributed by atoms with Gasteiger partial charge in [0, 0.05) is 11.9 Å². The van der Waals surface area contributed by atoms with Crippen LogP contribution in [0.1, 0.15) is 51.4 Å². The van der Waals surface area contributed by atoms with Crippen LogP contribution in [0, 0.1) is 5.41 Å². The zero-order chi connectivity index (χ0) is 9.86. The lowest BCUT2D eigenvalue weighted by molar-refractivity contribution is 0.0541. The van der Waals surface area contributed by atoms with Crippen molar-refractivity contribution < 1.29 is 4.74 Å². The summed E-state index contributed by atoms with van der Waals surface area (Å²) >= 11 is 3.72. The van der Waals surface area contributed by atoms with Crippen molar-refractivity contribution in [1.82, 2.24) is 0 Å². The number of alkyl halides is 1. The maximum atomic E-state index is 5.76. The fourth-order valence-electron chi connectivity index (χ4n) is 2.98. The van der Waals surface area contributed by atoms with Gasteiger partial charge >= 0.3 is 0 Å². The summed E-state index contributed by atoms with van der Waals surface area (Å²) in [4.78, 5) is 0. The molecule has 2 fully saturated rings. The Hall–Kier alpha value is 0.440. The summed E-state index contributed by atoms with van der Waals surface area (Å²) in [6.45, 7) is 1.00. The van der Waals surface area contributed by atoms with Crippen LogP contribution in [0.25, 0.3) is 0 Å². The Morgan fingerprint density at radius 3 is 2.50 bits per heavy atom. The van der Waals surface area contributed by atoms with E-state index in [0.717, 1.165) is 6.61 Å². The average molecular weight is 261 g/mol. The molecule has 0 radical (unpaired) electrons. The van der Waals surface area contributed by atoms with Crippen LogP contribution in [0.4, 0.5) is 0 Å². The second kappa shape index (κ2) is 4.98. The van der Waals surface area contributed by atoms with Crippen LogP contribution in [-0.2, 0) is 4.74 Å². The Kier molecular flexibility index (Phi) is 3.89. The first kappa shape index (κ1) is 10.9. The SMILES string of the molecule is BrCC1(CC2CCCO2)CCCCC1. The Morgan fingerprint density at radius 2 is 1.93 bits per heavy atom. The van der Waals surface area contributed by atoms with Gasteiger partial charge in [-0.2, -0.15) is 0 Å². The highest BCUT2D eigenvalue weighted by molar-refractivity contribution is 9.09. The zero-order valence-corrected chi connectivity index (χ0v) is 10.5. The number of ether oxygens (including phenoxy) is 1. The summed E-state index contributed by atoms with van der Waals surface area (Å²) < 4.78 is 5.76. The predicted octanol–water partition coefficient (Wildman–Crippen LogP) is 3.90. The maximum Gasteiger partial charge on any atom is 0.0581 e. The first-order valence-corrected chi connectivity index (χ1v) is 7.14. The molecule has 2 aliphatic rings. The lowest BCUT2D eigenvalue weighted by Crippen LogP contribution is -2.30. The number of halogens is 1. The molecule has 0 bridgehead atoms. The molecule has 1 atom stereocenters. The highest BCUT2D eigenvalue weighted by Crippen LogP contribution is 2.43. The van der Waals surface area contributed by atoms with Crippen LogP contribution in [0.5, 0.6) is 0 Å². The molecule has 2 heteroatoms. The summed E-state index contributed by atoms with van der Waals surface area (Å²) in [5.41, 5.74) is 0.577. The standard InChI is InChI=1S/C12H21BrO/c13-10-12(6-2-1-3-7-12)9-11-5-4-8-14-11/h11H,1-10H2. The smallest absolute Gasteiger partial charge is 0.0581 e. The lowest BCUT2D eigenvalue weighted by Gasteiger charge is -2.37. The quantitative estimate of drug-likeness (QED) is 0.700. The normalized spacial score (nSPS) is 31.9. The fraction of sp³-hybridized carbons (Fsp3) is 1.00. The van der Waals surface area contributed by atoms with E-state index in [1.165, 1.54) is 56.7 Å². The number of hydrogen-bond acceptors (Lipinski definition) is 1. The average Bonchev–Trinajstić information content (AvgIpc) is 2.72. The molecule has 1 saturated carbocycles. The van der Waals surface area contributed by atoms with Gasteiger partial charge in [-0.1, -0.05) is 35.2 Å². The van der Waals surface area contributed by atoms with Crippen molar-refractivity contribution in [3.63, 3.8) is 0 Å². The van der Waals surface area contributed by atoms with Crippen molar-refractivity contribution in [1.29, 1.82) is 0 Å². The minimum atomic E-state index is 0.575. The van der Waals surface area contributed by atoms with E-state index in [1.54, 1.807) is 0 Å². The zero-order valence-electron chi connectivity index (χ0n) is 8.93. The van der Waals surface area contributed by atoms with Gasteiger partial charge in [-0.25, -0.2) is 0 Å². The Labute approximate surface area is 95.7 Å². The molecule has 1 aliphatic carbocycles. The third kappa shape index (κ3) is 2.52. The van der Waals surface area contributed by atoms with Crippen molar-refractivity contribution in [3.05, 3.63) is 0 Å². The second-order valence-corrected chi connectivity index (χ2v) is 5.59. The third-order valence-corrected chi connectivity index (χ3v) is 5.07. The highest BCUT2D eigenvalue weighted by Gasteiger charge is 2.34. The molecule has 1 saturated heterocycles. The van der Waals surface area contributed by atoms with Crippen molar-refractivity contribution >= 4 is 15.9 Å². The van der Waals surface area contributed by atoms with Crippen LogP contribution >= 0.6 is 15.9 Å². The van der Waals surface area contributed by atoms with E-state index >= 15 is 0 Å². The molecule has 1 unspecified atom stereocenters. The summed E-state index contributed by atoms with van der Waals surface area (Å²) in [6.07, 6.45) is 11.6. The Balaban J connectivity index is 1.89. The number of hydrogen-bond donors (Lipinski definition) is 0. The Bertz CT molecular complexity index is 169. The van der Waals surface area contributed by atoms with E-state index < -0.39 is 0 Å². The fourth-order valence-corrected chi connectivity index (χ4v) is 3.77. The summed E-state index contributed by atoms with van der Waals surface area (Å²) in [6, 6.07) is 0. The van der Waals surface area contributed by atoms with Crippen LogP contribution in [0.3, 0.4) is 0 Å². The van der Waals surface area contributed by atoms with Gasteiger partial charge in [-0.15, -0.1) is 0 Å². The molecule has 14 heavy (non-hydrogen) atoms. The van der Waals surface area contributed by atoms with Gasteiger partial charge in [0.25, 0.3) is 0 Å². The topological polar surface area (TPSA) is 9.23 Å². The molecular weight excluding hydrogens is 240 g/mol. The van der Waals surface area contributed by atoms with Crippen LogP contribution in [0.2, 0.25) is 0 Å². The highest BCUT2D eigenvalue weighted by atomic mass is 79.9. The van der Waals surface area contributed by atoms with Gasteiger partial charge in [-0.3, -0.25) is 0 Å². The van der Waals surface area contributed by atoms with Crippen LogP contribution in [-0.4, -0.2) is 18.0 Å². The molecule has 1 aliphatic heterocycles. The van der Waals surface area contributed by atoms with E-state index in [-0.39, 0.29) is 0 Å². The van der Waals surface area contributed by atoms with Crippen molar-refractivity contribution in [2.75, 3.05) is 11.9 Å². The second-order valence-electron chi connectivity index (χ2n) is 5.03. The molecule has 0 spiro atoms. The molecule has 1 heterocycles. The molecule has 0 aromatic carbocycles. The molecule has 0 N–H and O–H groups in total. The summed E-state index contributed by atoms with van der Waals surface area (Å²) in [7, 11) is 0. The van der Waals surface area contributed by atoms with E-state index in [0.29, 0.717) is 11.5 Å². The first-order valence-electron chi connectivity index (χ1n) is 6.02. The molecule has 1 nitrogen and oxygen atoms in total. The maximum absolute atomic E-state index is 5.76. The van der Waals surface area contributed by atoms with Gasteiger partial charge < -0.3 is 4.74 Å². The van der Waals surface area contributed by atoms with Crippen LogP contribution < -0.4 is 0 Å². The molecule has 0 aromatic heterocycles. The van der Waals surface area contributed by atoms with E-state index in [9.17, 15) is 0 Å². The molecular formula is C12H21BrO. The van der Waals surface area contributed by atoms with Gasteiger partial charge in [0.05, 0.1) is 6.10 Å². The van der Waals surface area contributed by atoms with Crippen molar-refractivity contribution in [2.24, 2.45) is 5.41 Å². The lowest BCUT2D eigenvalue weighted by atomic mass is 9.72. The monoisotopic (exact) mass is 260 g/mol. The largest absolute Gasteiger partial charge is 0.378 e. The molecule has 0 amide bonds. The minimum Gasteiger partial charge on any atom is -0.378 e. The van der Waals surface area contributed by atoms with Gasteiger partial charge in [0.2, 0.25) is 0 Å². The van der Waals surface area contributed by atoms with Gasteiger partial charge in [-0.05, 0) is 37.5 Å². The minimum absolute atomic E-state index is 0.575. The summed E-state index contributed by atoms with van der Waals surface area (Å²) in [5, 5.41) is 1.18. The summed E-state index contributed by atoms with van der Waals surface area (Å²) in [5.74, 6) is 0. The van der Waals surface area contributed by atoms with E-state index in [1.807, 2.05) is 0 Å². The molecule has 2 rings (SSSR count). The van der Waals surface area contributed by atoms with Crippen LogP contribution in [0.15, 0.2) is 0 Å². The van der Waals surface area contributed by atoms with E-state index in [4.69, 9.17) is 4.74 Å². The van der Waals surface area contributed by atoms with Gasteiger partial charge in [0.1, 0.15) is 0 Å². The Morgan fingerprint density at radius 1 is 1.14 bits per heavy atom. The first-order chi connectivity index (χ1) is 6.85. The molecule has 0 aromatic rings. The third-order valence-electron chi connectivity index (χ3n) is 3.88. The van der Waals surface area contributed by atoms with Crippen molar-refractivity contribution in [2.45, 2.75) is 57.5 Å². The van der Waals surface area contributed by atoms with E-state index in [2.05, 4.69) is 15.9 Å². The number of rotatable bonds is 3. The van der Waals surface area contributed by atoms with Gasteiger partial charge in [0.15, 0.2) is 0 Å².